The van der Waals surface area contributed by atoms with Crippen LogP contribution in [0.2, 0.25) is 0 Å². The summed E-state index contributed by atoms with van der Waals surface area (Å²) in [6.07, 6.45) is 2.02. The van der Waals surface area contributed by atoms with Crippen molar-refractivity contribution in [3.8, 4) is 5.69 Å². The molecule has 1 unspecified atom stereocenters. The zero-order valence-corrected chi connectivity index (χ0v) is 22.8. The van der Waals surface area contributed by atoms with Gasteiger partial charge in [-0.2, -0.15) is 13.2 Å². The van der Waals surface area contributed by atoms with Gasteiger partial charge in [0.2, 0.25) is 11.8 Å². The molecule has 4 fully saturated rings. The molecule has 1 aromatic heterocycles. The van der Waals surface area contributed by atoms with Crippen LogP contribution in [0, 0.1) is 0 Å². The molecule has 1 aliphatic carbocycles. The lowest BCUT2D eigenvalue weighted by molar-refractivity contribution is -0.192. The van der Waals surface area contributed by atoms with Gasteiger partial charge in [-0.05, 0) is 49.4 Å². The summed E-state index contributed by atoms with van der Waals surface area (Å²) in [6, 6.07) is 6.08. The number of imide groups is 1. The molecule has 4 aliphatic heterocycles. The number of amides is 4. The van der Waals surface area contributed by atoms with Crippen LogP contribution in [0.25, 0.3) is 5.69 Å². The van der Waals surface area contributed by atoms with E-state index in [1.165, 1.54) is 24.2 Å². The molecule has 0 radical (unpaired) electrons. The normalized spacial score (nSPS) is 25.3. The molecule has 1 saturated carbocycles. The van der Waals surface area contributed by atoms with Crippen molar-refractivity contribution in [3.63, 3.8) is 0 Å². The minimum Gasteiger partial charge on any atom is -0.475 e. The van der Waals surface area contributed by atoms with Gasteiger partial charge in [0, 0.05) is 49.7 Å². The van der Waals surface area contributed by atoms with Crippen LogP contribution < -0.4 is 5.32 Å². The van der Waals surface area contributed by atoms with Crippen LogP contribution in [0.15, 0.2) is 24.4 Å². The van der Waals surface area contributed by atoms with Crippen LogP contribution in [0.3, 0.4) is 0 Å². The van der Waals surface area contributed by atoms with E-state index >= 15 is 0 Å². The number of carboxylic acids is 1. The molecule has 228 valence electrons. The van der Waals surface area contributed by atoms with E-state index in [-0.39, 0.29) is 36.7 Å². The van der Waals surface area contributed by atoms with Crippen LogP contribution in [0.1, 0.15) is 64.9 Å². The number of rotatable bonds is 4. The number of fused-ring (bicyclic) bond motifs is 3. The number of alkyl halides is 3. The van der Waals surface area contributed by atoms with Crippen LogP contribution >= 0.6 is 0 Å². The highest BCUT2D eigenvalue weighted by Gasteiger charge is 2.48. The predicted octanol–water partition coefficient (Wildman–Crippen LogP) is 1.11. The van der Waals surface area contributed by atoms with E-state index in [9.17, 15) is 32.3 Å². The molecule has 3 atom stereocenters. The van der Waals surface area contributed by atoms with E-state index in [1.807, 2.05) is 11.0 Å². The lowest BCUT2D eigenvalue weighted by Crippen LogP contribution is -2.53. The molecule has 1 aromatic carbocycles. The minimum atomic E-state index is -5.08. The Kier molecular flexibility index (Phi) is 7.18. The van der Waals surface area contributed by atoms with Gasteiger partial charge in [-0.15, -0.1) is 5.10 Å². The van der Waals surface area contributed by atoms with Crippen molar-refractivity contribution < 1.29 is 42.3 Å². The van der Waals surface area contributed by atoms with Gasteiger partial charge in [0.1, 0.15) is 6.04 Å². The van der Waals surface area contributed by atoms with E-state index in [0.29, 0.717) is 35.4 Å². The first-order valence-corrected chi connectivity index (χ1v) is 14.0. The Labute approximate surface area is 242 Å². The van der Waals surface area contributed by atoms with Crippen molar-refractivity contribution >= 4 is 29.6 Å². The number of nitrogens with zero attached hydrogens (tertiary/aromatic N) is 6. The molecular formula is C27H28F3N7O6. The van der Waals surface area contributed by atoms with Gasteiger partial charge in [-0.1, -0.05) is 11.6 Å². The number of carbonyl (C=O) groups excluding carboxylic acids is 4. The van der Waals surface area contributed by atoms with E-state index in [2.05, 4.69) is 20.5 Å². The summed E-state index contributed by atoms with van der Waals surface area (Å²) in [5, 5.41) is 17.8. The number of carboxylic acid groups (broad SMARTS) is 1. The monoisotopic (exact) mass is 603 g/mol. The fourth-order valence-electron chi connectivity index (χ4n) is 6.45. The maximum absolute atomic E-state index is 13.2. The SMILES string of the molecule is O=C(O)C(F)(F)F.O=C1CCC(N2Cc3cc(-n4cc(C(=O)N5C[C@@H]6C[C@H]5CN6C5CCC5)nn4)ccc3C2=O)C(=O)N1. The van der Waals surface area contributed by atoms with Gasteiger partial charge in [0.05, 0.1) is 11.9 Å². The number of nitrogens with one attached hydrogen (secondary N) is 1. The molecule has 7 rings (SSSR count). The van der Waals surface area contributed by atoms with E-state index in [4.69, 9.17) is 9.90 Å². The largest absolute Gasteiger partial charge is 0.490 e. The third-order valence-electron chi connectivity index (χ3n) is 8.81. The second kappa shape index (κ2) is 10.7. The number of likely N-dealkylation sites (tertiary alicyclic amines) is 2. The first-order chi connectivity index (χ1) is 20.4. The first kappa shape index (κ1) is 28.8. The van der Waals surface area contributed by atoms with E-state index in [1.54, 1.807) is 23.0 Å². The molecule has 4 amide bonds. The van der Waals surface area contributed by atoms with Crippen LogP contribution in [-0.2, 0) is 20.9 Å². The molecule has 0 spiro atoms. The number of carbonyl (C=O) groups is 5. The molecule has 2 bridgehead atoms. The van der Waals surface area contributed by atoms with Crippen LogP contribution in [0.5, 0.6) is 0 Å². The smallest absolute Gasteiger partial charge is 0.475 e. The maximum atomic E-state index is 13.2. The van der Waals surface area contributed by atoms with Gasteiger partial charge >= 0.3 is 12.1 Å². The van der Waals surface area contributed by atoms with Crippen molar-refractivity contribution in [1.82, 2.24) is 35.0 Å². The summed E-state index contributed by atoms with van der Waals surface area (Å²) in [6.45, 7) is 1.99. The van der Waals surface area contributed by atoms with Gasteiger partial charge in [-0.25, -0.2) is 9.48 Å². The van der Waals surface area contributed by atoms with Crippen LogP contribution in [0.4, 0.5) is 13.2 Å². The van der Waals surface area contributed by atoms with Gasteiger partial charge < -0.3 is 14.9 Å². The number of piperidine rings is 1. The number of aliphatic carboxylic acids is 1. The Morgan fingerprint density at radius 1 is 1.02 bits per heavy atom. The second-order valence-corrected chi connectivity index (χ2v) is 11.4. The third kappa shape index (κ3) is 5.34. The summed E-state index contributed by atoms with van der Waals surface area (Å²) in [7, 11) is 0. The lowest BCUT2D eigenvalue weighted by Gasteiger charge is -2.42. The quantitative estimate of drug-likeness (QED) is 0.489. The molecule has 13 nitrogen and oxygen atoms in total. The first-order valence-electron chi connectivity index (χ1n) is 14.0. The highest BCUT2D eigenvalue weighted by atomic mass is 19.4. The number of piperazine rings is 1. The molecule has 2 N–H and O–H groups in total. The molecular weight excluding hydrogens is 575 g/mol. The average Bonchev–Trinajstić information content (AvgIpc) is 3.71. The third-order valence-corrected chi connectivity index (χ3v) is 8.81. The number of halogens is 3. The Morgan fingerprint density at radius 2 is 1.77 bits per heavy atom. The second-order valence-electron chi connectivity index (χ2n) is 11.4. The van der Waals surface area contributed by atoms with E-state index < -0.39 is 24.1 Å². The minimum absolute atomic E-state index is 0.0811. The lowest BCUT2D eigenvalue weighted by atomic mass is 9.91. The molecule has 3 saturated heterocycles. The summed E-state index contributed by atoms with van der Waals surface area (Å²) in [5.74, 6) is -3.80. The fraction of sp³-hybridized carbons (Fsp3) is 0.519. The van der Waals surface area contributed by atoms with Gasteiger partial charge in [-0.3, -0.25) is 29.4 Å². The zero-order chi connectivity index (χ0) is 30.6. The summed E-state index contributed by atoms with van der Waals surface area (Å²) >= 11 is 0. The summed E-state index contributed by atoms with van der Waals surface area (Å²) in [4.78, 5) is 64.9. The number of benzene rings is 1. The Hall–Kier alpha value is -4.34. The number of hydrogen-bond donors (Lipinski definition) is 2. The fourth-order valence-corrected chi connectivity index (χ4v) is 6.45. The molecule has 16 heteroatoms. The number of aromatic nitrogens is 3. The summed E-state index contributed by atoms with van der Waals surface area (Å²) < 4.78 is 33.3. The standard InChI is InChI=1S/C25H27N7O4.C2HF3O2/c33-22-7-6-21(23(34)26-22)31-10-14-8-16(4-5-19(14)24(31)35)32-13-20(27-28-32)25(36)30-12-17-9-18(30)11-29(17)15-2-1-3-15;3-2(4,5)1(6)7/h4-5,8,13,15,17-18,21H,1-3,6-7,9-12H2,(H,26,33,34);(H,6,7)/t17-,18-,21?;/m0./s1. The van der Waals surface area contributed by atoms with Gasteiger partial charge in [0.25, 0.3) is 11.8 Å². The highest BCUT2D eigenvalue weighted by Crippen LogP contribution is 2.38. The summed E-state index contributed by atoms with van der Waals surface area (Å²) in [5.41, 5.74) is 2.32. The molecule has 5 aliphatic rings. The average molecular weight is 604 g/mol. The Balaban J connectivity index is 0.000000423. The predicted molar refractivity (Wildman–Crippen MR) is 139 cm³/mol. The van der Waals surface area contributed by atoms with E-state index in [0.717, 1.165) is 25.1 Å². The molecule has 2 aromatic rings. The van der Waals surface area contributed by atoms with Crippen molar-refractivity contribution in [1.29, 1.82) is 0 Å². The highest BCUT2D eigenvalue weighted by molar-refractivity contribution is 6.05. The van der Waals surface area contributed by atoms with Crippen molar-refractivity contribution in [2.75, 3.05) is 13.1 Å². The Bertz CT molecular complexity index is 1510. The van der Waals surface area contributed by atoms with Gasteiger partial charge in [0.15, 0.2) is 5.69 Å². The topological polar surface area (TPSA) is 158 Å². The molecule has 43 heavy (non-hydrogen) atoms. The maximum Gasteiger partial charge on any atom is 0.490 e. The van der Waals surface area contributed by atoms with Crippen molar-refractivity contribution in [2.45, 2.75) is 75.4 Å². The van der Waals surface area contributed by atoms with Crippen molar-refractivity contribution in [2.24, 2.45) is 0 Å². The molecule has 5 heterocycles. The zero-order valence-electron chi connectivity index (χ0n) is 22.8. The van der Waals surface area contributed by atoms with Crippen molar-refractivity contribution in [3.05, 3.63) is 41.2 Å². The van der Waals surface area contributed by atoms with Crippen LogP contribution in [-0.4, -0.2) is 108 Å². The number of hydrogen-bond acceptors (Lipinski definition) is 8. The Morgan fingerprint density at radius 3 is 2.37 bits per heavy atom.